The van der Waals surface area contributed by atoms with Gasteiger partial charge in [-0.15, -0.1) is 0 Å². The van der Waals surface area contributed by atoms with Gasteiger partial charge in [-0.05, 0) is 39.1 Å². The van der Waals surface area contributed by atoms with Gasteiger partial charge in [0, 0.05) is 35.7 Å². The molecule has 0 aromatic heterocycles. The first-order chi connectivity index (χ1) is 9.40. The van der Waals surface area contributed by atoms with Crippen molar-refractivity contribution >= 4 is 15.9 Å². The monoisotopic (exact) mass is 350 g/mol. The first kappa shape index (κ1) is 17.3. The van der Waals surface area contributed by atoms with Gasteiger partial charge < -0.3 is 15.0 Å². The van der Waals surface area contributed by atoms with Crippen molar-refractivity contribution in [2.24, 2.45) is 0 Å². The molecule has 0 heterocycles. The van der Waals surface area contributed by atoms with Crippen LogP contribution in [0.15, 0.2) is 22.7 Å². The van der Waals surface area contributed by atoms with E-state index in [1.807, 2.05) is 0 Å². The van der Waals surface area contributed by atoms with Crippen LogP contribution in [0.2, 0.25) is 0 Å². The van der Waals surface area contributed by atoms with Gasteiger partial charge in [-0.2, -0.15) is 8.78 Å². The summed E-state index contributed by atoms with van der Waals surface area (Å²) in [5, 5.41) is 3.24. The van der Waals surface area contributed by atoms with E-state index in [2.05, 4.69) is 51.8 Å². The van der Waals surface area contributed by atoms with Crippen LogP contribution in [0.4, 0.5) is 8.78 Å². The molecule has 1 aromatic rings. The van der Waals surface area contributed by atoms with Crippen LogP contribution >= 0.6 is 15.9 Å². The van der Waals surface area contributed by atoms with E-state index in [0.29, 0.717) is 18.2 Å². The number of nitrogens with one attached hydrogen (secondary N) is 1. The number of hydrogen-bond donors (Lipinski definition) is 1. The third-order valence-electron chi connectivity index (χ3n) is 3.08. The van der Waals surface area contributed by atoms with E-state index in [-0.39, 0.29) is 5.75 Å². The van der Waals surface area contributed by atoms with Gasteiger partial charge >= 0.3 is 6.61 Å². The molecule has 20 heavy (non-hydrogen) atoms. The highest BCUT2D eigenvalue weighted by Crippen LogP contribution is 2.24. The zero-order valence-corrected chi connectivity index (χ0v) is 13.6. The maximum atomic E-state index is 12.3. The summed E-state index contributed by atoms with van der Waals surface area (Å²) in [6.45, 7) is 3.63. The van der Waals surface area contributed by atoms with Crippen LogP contribution in [0, 0.1) is 0 Å². The van der Waals surface area contributed by atoms with E-state index in [0.717, 1.165) is 17.6 Å². The van der Waals surface area contributed by atoms with Crippen molar-refractivity contribution in [1.82, 2.24) is 10.2 Å². The van der Waals surface area contributed by atoms with Crippen molar-refractivity contribution in [3.05, 3.63) is 28.2 Å². The lowest BCUT2D eigenvalue weighted by molar-refractivity contribution is -0.0505. The van der Waals surface area contributed by atoms with Gasteiger partial charge in [0.2, 0.25) is 0 Å². The Morgan fingerprint density at radius 3 is 2.65 bits per heavy atom. The number of benzene rings is 1. The van der Waals surface area contributed by atoms with Crippen molar-refractivity contribution in [3.8, 4) is 5.75 Å². The van der Waals surface area contributed by atoms with Crippen molar-refractivity contribution in [3.63, 3.8) is 0 Å². The summed E-state index contributed by atoms with van der Waals surface area (Å²) in [7, 11) is 2.05. The summed E-state index contributed by atoms with van der Waals surface area (Å²) in [4.78, 5) is 2.21. The van der Waals surface area contributed by atoms with Gasteiger partial charge in [0.1, 0.15) is 5.75 Å². The number of hydrogen-bond acceptors (Lipinski definition) is 3. The van der Waals surface area contributed by atoms with Gasteiger partial charge in [-0.1, -0.05) is 15.9 Å². The molecule has 0 amide bonds. The number of nitrogens with zero attached hydrogens (tertiary/aromatic N) is 1. The largest absolute Gasteiger partial charge is 0.434 e. The van der Waals surface area contributed by atoms with Gasteiger partial charge in [-0.3, -0.25) is 0 Å². The van der Waals surface area contributed by atoms with E-state index >= 15 is 0 Å². The van der Waals surface area contributed by atoms with Crippen molar-refractivity contribution in [1.29, 1.82) is 0 Å². The smallest absolute Gasteiger partial charge is 0.387 e. The average molecular weight is 351 g/mol. The number of alkyl halides is 2. The predicted octanol–water partition coefficient (Wildman–Crippen LogP) is 3.48. The van der Waals surface area contributed by atoms with Crippen LogP contribution in [-0.2, 0) is 6.54 Å². The third-order valence-corrected chi connectivity index (χ3v) is 3.57. The minimum absolute atomic E-state index is 0.216. The minimum Gasteiger partial charge on any atom is -0.434 e. The lowest BCUT2D eigenvalue weighted by Gasteiger charge is -2.21. The van der Waals surface area contributed by atoms with Crippen molar-refractivity contribution in [2.75, 3.05) is 20.1 Å². The van der Waals surface area contributed by atoms with E-state index in [1.54, 1.807) is 18.2 Å². The van der Waals surface area contributed by atoms with E-state index in [9.17, 15) is 8.78 Å². The molecule has 6 heteroatoms. The topological polar surface area (TPSA) is 24.5 Å². The Kier molecular flexibility index (Phi) is 7.40. The second-order valence-corrected chi connectivity index (χ2v) is 5.80. The number of likely N-dealkylation sites (N-methyl/N-ethyl adjacent to an activating group) is 1. The summed E-state index contributed by atoms with van der Waals surface area (Å²) in [5.41, 5.74) is 0.715. The molecule has 0 unspecified atom stereocenters. The fourth-order valence-electron chi connectivity index (χ4n) is 1.63. The van der Waals surface area contributed by atoms with Crippen LogP contribution in [0.1, 0.15) is 19.4 Å². The molecule has 0 atom stereocenters. The summed E-state index contributed by atoms with van der Waals surface area (Å²) in [5.74, 6) is 0.216. The maximum absolute atomic E-state index is 12.3. The zero-order chi connectivity index (χ0) is 15.1. The highest BCUT2D eigenvalue weighted by molar-refractivity contribution is 9.10. The molecule has 0 radical (unpaired) electrons. The molecule has 0 bridgehead atoms. The minimum atomic E-state index is -2.80. The molecule has 0 aliphatic carbocycles. The Labute approximate surface area is 127 Å². The molecule has 1 aromatic carbocycles. The second kappa shape index (κ2) is 8.54. The highest BCUT2D eigenvalue weighted by Gasteiger charge is 2.10. The highest BCUT2D eigenvalue weighted by atomic mass is 79.9. The first-order valence-electron chi connectivity index (χ1n) is 6.54. The SMILES string of the molecule is CC(C)N(C)CCNCc1cc(Br)ccc1OC(F)F. The molecule has 0 aliphatic heterocycles. The molecule has 0 saturated heterocycles. The van der Waals surface area contributed by atoms with Crippen molar-refractivity contribution < 1.29 is 13.5 Å². The van der Waals surface area contributed by atoms with E-state index in [4.69, 9.17) is 0 Å². The lowest BCUT2D eigenvalue weighted by atomic mass is 10.2. The maximum Gasteiger partial charge on any atom is 0.387 e. The molecule has 3 nitrogen and oxygen atoms in total. The molecule has 1 rings (SSSR count). The molecule has 0 fully saturated rings. The Morgan fingerprint density at radius 1 is 1.35 bits per heavy atom. The normalized spacial score (nSPS) is 11.7. The van der Waals surface area contributed by atoms with Gasteiger partial charge in [0.25, 0.3) is 0 Å². The zero-order valence-electron chi connectivity index (χ0n) is 12.0. The van der Waals surface area contributed by atoms with E-state index < -0.39 is 6.61 Å². The number of halogens is 3. The van der Waals surface area contributed by atoms with Crippen LogP contribution in [0.5, 0.6) is 5.75 Å². The first-order valence-corrected chi connectivity index (χ1v) is 7.33. The lowest BCUT2D eigenvalue weighted by Crippen LogP contribution is -2.33. The van der Waals surface area contributed by atoms with Crippen LogP contribution < -0.4 is 10.1 Å². The third kappa shape index (κ3) is 6.15. The summed E-state index contributed by atoms with van der Waals surface area (Å²) in [6, 6.07) is 5.51. The quantitative estimate of drug-likeness (QED) is 0.726. The van der Waals surface area contributed by atoms with Gasteiger partial charge in [0.05, 0.1) is 0 Å². The van der Waals surface area contributed by atoms with Crippen LogP contribution in [0.25, 0.3) is 0 Å². The molecule has 0 saturated carbocycles. The van der Waals surface area contributed by atoms with Crippen LogP contribution in [0.3, 0.4) is 0 Å². The molecule has 0 aliphatic rings. The van der Waals surface area contributed by atoms with E-state index in [1.165, 1.54) is 0 Å². The van der Waals surface area contributed by atoms with Crippen molar-refractivity contribution in [2.45, 2.75) is 33.0 Å². The molecule has 114 valence electrons. The Hall–Kier alpha value is -0.720. The second-order valence-electron chi connectivity index (χ2n) is 4.88. The Balaban J connectivity index is 2.51. The summed E-state index contributed by atoms with van der Waals surface area (Å²) >= 11 is 3.33. The van der Waals surface area contributed by atoms with Gasteiger partial charge in [0.15, 0.2) is 0 Å². The standard InChI is InChI=1S/C14H21BrF2N2O/c1-10(2)19(3)7-6-18-9-11-8-12(15)4-5-13(11)20-14(16)17/h4-5,8,10,14,18H,6-7,9H2,1-3H3. The Bertz CT molecular complexity index is 416. The van der Waals surface area contributed by atoms with Gasteiger partial charge in [-0.25, -0.2) is 0 Å². The predicted molar refractivity (Wildman–Crippen MR) is 80.2 cm³/mol. The fourth-order valence-corrected chi connectivity index (χ4v) is 2.04. The summed E-state index contributed by atoms with van der Waals surface area (Å²) < 4.78 is 30.0. The number of ether oxygens (including phenoxy) is 1. The Morgan fingerprint density at radius 2 is 2.05 bits per heavy atom. The van der Waals surface area contributed by atoms with Crippen LogP contribution in [-0.4, -0.2) is 37.7 Å². The summed E-state index contributed by atoms with van der Waals surface area (Å²) in [6.07, 6.45) is 0. The fraction of sp³-hybridized carbons (Fsp3) is 0.571. The molecular weight excluding hydrogens is 330 g/mol. The molecular formula is C14H21BrF2N2O. The number of rotatable bonds is 8. The average Bonchev–Trinajstić information content (AvgIpc) is 2.36. The molecule has 0 spiro atoms. The molecule has 1 N–H and O–H groups in total.